The molecule has 1 saturated carbocycles. The minimum Gasteiger partial charge on any atom is -0.255 e. The van der Waals surface area contributed by atoms with E-state index in [1.165, 1.54) is 86.5 Å². The SMILES string of the molecule is CC(C)(C)c1nc(-c2ccc(-c3ccc4c(c3)C(C)(C)c3cc(-c5ccc6ccccc6c5)ccc3-4)nc2)nc(-c2cccc(-c3cccc(C4CCCCC4c4ccccc4)c3)c2)n1. The number of hydrogen-bond donors (Lipinski definition) is 0. The Morgan fingerprint density at radius 2 is 1.00 bits per heavy atom. The van der Waals surface area contributed by atoms with Crippen molar-refractivity contribution in [3.8, 4) is 67.4 Å². The molecule has 2 aliphatic carbocycles. The molecule has 4 nitrogen and oxygen atoms in total. The second-order valence-electron chi connectivity index (χ2n) is 19.8. The Morgan fingerprint density at radius 1 is 0.446 bits per heavy atom. The third kappa shape index (κ3) is 7.65. The summed E-state index contributed by atoms with van der Waals surface area (Å²) in [7, 11) is 0. The van der Waals surface area contributed by atoms with Crippen molar-refractivity contribution in [3.05, 3.63) is 204 Å². The van der Waals surface area contributed by atoms with Crippen molar-refractivity contribution >= 4 is 10.8 Å². The van der Waals surface area contributed by atoms with Crippen LogP contribution < -0.4 is 0 Å². The van der Waals surface area contributed by atoms with E-state index in [2.05, 4.69) is 204 Å². The van der Waals surface area contributed by atoms with Crippen LogP contribution in [0, 0.1) is 0 Å². The second kappa shape index (κ2) is 16.2. The third-order valence-corrected chi connectivity index (χ3v) is 14.1. The number of fused-ring (bicyclic) bond motifs is 4. The van der Waals surface area contributed by atoms with Crippen LogP contribution in [0.15, 0.2) is 176 Å². The van der Waals surface area contributed by atoms with E-state index in [0.29, 0.717) is 23.5 Å². The van der Waals surface area contributed by atoms with Gasteiger partial charge in [0, 0.05) is 33.7 Å². The van der Waals surface area contributed by atoms with E-state index in [1.54, 1.807) is 0 Å². The Balaban J connectivity index is 0.878. The van der Waals surface area contributed by atoms with E-state index in [9.17, 15) is 0 Å². The molecule has 2 aromatic heterocycles. The molecule has 2 atom stereocenters. The van der Waals surface area contributed by atoms with Crippen molar-refractivity contribution in [1.29, 1.82) is 0 Å². The predicted molar refractivity (Wildman–Crippen MR) is 269 cm³/mol. The number of nitrogens with zero attached hydrogens (tertiary/aromatic N) is 4. The largest absolute Gasteiger partial charge is 0.255 e. The average Bonchev–Trinajstić information content (AvgIpc) is 3.58. The smallest absolute Gasteiger partial charge is 0.165 e. The Morgan fingerprint density at radius 3 is 1.72 bits per heavy atom. The lowest BCUT2D eigenvalue weighted by atomic mass is 9.72. The van der Waals surface area contributed by atoms with Crippen molar-refractivity contribution in [2.75, 3.05) is 0 Å². The lowest BCUT2D eigenvalue weighted by molar-refractivity contribution is 0.386. The van der Waals surface area contributed by atoms with Gasteiger partial charge in [-0.3, -0.25) is 4.98 Å². The lowest BCUT2D eigenvalue weighted by Gasteiger charge is -2.32. The molecule has 0 N–H and O–H groups in total. The van der Waals surface area contributed by atoms with Crippen LogP contribution >= 0.6 is 0 Å². The Kier molecular flexibility index (Phi) is 10.1. The fourth-order valence-corrected chi connectivity index (χ4v) is 10.5. The molecule has 318 valence electrons. The maximum atomic E-state index is 5.13. The molecule has 2 unspecified atom stereocenters. The molecule has 0 amide bonds. The van der Waals surface area contributed by atoms with Crippen LogP contribution in [0.1, 0.15) is 100 Å². The molecule has 7 aromatic carbocycles. The first kappa shape index (κ1) is 40.7. The van der Waals surface area contributed by atoms with Gasteiger partial charge in [-0.05, 0) is 127 Å². The van der Waals surface area contributed by atoms with Crippen molar-refractivity contribution in [3.63, 3.8) is 0 Å². The standard InChI is InChI=1S/C61H54N4/c1-60(2,3)59-64-57(48-22-14-20-43(35-48)42-19-13-21-46(34-42)51-24-12-11-23-50(51)40-16-7-6-8-17-40)63-58(65-59)49-29-32-56(62-38-49)47-28-31-53-52-30-27-45(36-54(52)61(4,5)55(53)37-47)44-26-25-39-15-9-10-18-41(39)33-44/h6-10,13-22,25-38,50-51H,11-12,23-24H2,1-5H3. The molecule has 0 spiro atoms. The van der Waals surface area contributed by atoms with Crippen molar-refractivity contribution < 1.29 is 0 Å². The van der Waals surface area contributed by atoms with E-state index < -0.39 is 0 Å². The molecule has 0 aliphatic heterocycles. The zero-order chi connectivity index (χ0) is 44.3. The van der Waals surface area contributed by atoms with Crippen molar-refractivity contribution in [2.45, 2.75) is 83.0 Å². The van der Waals surface area contributed by atoms with Gasteiger partial charge in [0.2, 0.25) is 0 Å². The zero-order valence-corrected chi connectivity index (χ0v) is 38.0. The normalized spacial score (nSPS) is 16.6. The summed E-state index contributed by atoms with van der Waals surface area (Å²) in [5, 5.41) is 2.52. The predicted octanol–water partition coefficient (Wildman–Crippen LogP) is 15.8. The highest BCUT2D eigenvalue weighted by atomic mass is 15.0. The minimum atomic E-state index is -0.286. The maximum absolute atomic E-state index is 5.13. The maximum Gasteiger partial charge on any atom is 0.165 e. The number of aromatic nitrogens is 4. The Bertz CT molecular complexity index is 3230. The van der Waals surface area contributed by atoms with Gasteiger partial charge in [0.05, 0.1) is 5.69 Å². The van der Waals surface area contributed by atoms with Crippen LogP contribution in [0.4, 0.5) is 0 Å². The second-order valence-corrected chi connectivity index (χ2v) is 19.8. The molecular formula is C61H54N4. The molecule has 1 fully saturated rings. The summed E-state index contributed by atoms with van der Waals surface area (Å²) in [6.45, 7) is 11.2. The highest BCUT2D eigenvalue weighted by Gasteiger charge is 2.36. The molecule has 0 radical (unpaired) electrons. The quantitative estimate of drug-likeness (QED) is 0.160. The van der Waals surface area contributed by atoms with Crippen LogP contribution in [-0.2, 0) is 10.8 Å². The third-order valence-electron chi connectivity index (χ3n) is 14.1. The van der Waals surface area contributed by atoms with E-state index in [1.807, 2.05) is 6.20 Å². The Hall–Kier alpha value is -7.04. The lowest BCUT2D eigenvalue weighted by Crippen LogP contribution is -2.18. The fourth-order valence-electron chi connectivity index (χ4n) is 10.5. The Labute approximate surface area is 383 Å². The summed E-state index contributed by atoms with van der Waals surface area (Å²) in [6.07, 6.45) is 6.94. The number of rotatable bonds is 7. The molecule has 11 rings (SSSR count). The van der Waals surface area contributed by atoms with Crippen LogP contribution in [0.25, 0.3) is 78.2 Å². The molecule has 2 heterocycles. The molecule has 0 saturated heterocycles. The van der Waals surface area contributed by atoms with Crippen LogP contribution in [-0.4, -0.2) is 19.9 Å². The molecular weight excluding hydrogens is 789 g/mol. The number of benzene rings is 7. The summed E-state index contributed by atoms with van der Waals surface area (Å²) >= 11 is 0. The highest BCUT2D eigenvalue weighted by Crippen LogP contribution is 2.51. The zero-order valence-electron chi connectivity index (χ0n) is 38.0. The van der Waals surface area contributed by atoms with Crippen LogP contribution in [0.2, 0.25) is 0 Å². The van der Waals surface area contributed by atoms with Gasteiger partial charge >= 0.3 is 0 Å². The summed E-state index contributed by atoms with van der Waals surface area (Å²) in [5.74, 6) is 3.11. The monoisotopic (exact) mass is 842 g/mol. The summed E-state index contributed by atoms with van der Waals surface area (Å²) in [4.78, 5) is 20.3. The molecule has 2 aliphatic rings. The van der Waals surface area contributed by atoms with Gasteiger partial charge in [0.15, 0.2) is 11.6 Å². The average molecular weight is 843 g/mol. The fraction of sp³-hybridized carbons (Fsp3) is 0.213. The summed E-state index contributed by atoms with van der Waals surface area (Å²) < 4.78 is 0. The first-order valence-corrected chi connectivity index (χ1v) is 23.3. The van der Waals surface area contributed by atoms with Crippen LogP contribution in [0.3, 0.4) is 0 Å². The highest BCUT2D eigenvalue weighted by molar-refractivity contribution is 5.90. The van der Waals surface area contributed by atoms with Gasteiger partial charge in [0.1, 0.15) is 5.82 Å². The van der Waals surface area contributed by atoms with E-state index >= 15 is 0 Å². The molecule has 65 heavy (non-hydrogen) atoms. The van der Waals surface area contributed by atoms with Gasteiger partial charge in [0.25, 0.3) is 0 Å². The first-order valence-electron chi connectivity index (χ1n) is 23.3. The van der Waals surface area contributed by atoms with Gasteiger partial charge in [-0.2, -0.15) is 0 Å². The van der Waals surface area contributed by atoms with Gasteiger partial charge in [-0.1, -0.05) is 181 Å². The first-order chi connectivity index (χ1) is 31.6. The minimum absolute atomic E-state index is 0.168. The van der Waals surface area contributed by atoms with Gasteiger partial charge in [-0.25, -0.2) is 15.0 Å². The van der Waals surface area contributed by atoms with Gasteiger partial charge in [-0.15, -0.1) is 0 Å². The van der Waals surface area contributed by atoms with Crippen LogP contribution in [0.5, 0.6) is 0 Å². The molecule has 0 bridgehead atoms. The van der Waals surface area contributed by atoms with E-state index in [4.69, 9.17) is 19.9 Å². The van der Waals surface area contributed by atoms with Crippen molar-refractivity contribution in [1.82, 2.24) is 19.9 Å². The van der Waals surface area contributed by atoms with E-state index in [0.717, 1.165) is 33.8 Å². The number of hydrogen-bond acceptors (Lipinski definition) is 4. The summed E-state index contributed by atoms with van der Waals surface area (Å²) in [6, 6.07) is 62.4. The number of pyridine rings is 1. The van der Waals surface area contributed by atoms with E-state index in [-0.39, 0.29) is 10.8 Å². The topological polar surface area (TPSA) is 51.6 Å². The van der Waals surface area contributed by atoms with Gasteiger partial charge < -0.3 is 0 Å². The molecule has 9 aromatic rings. The van der Waals surface area contributed by atoms with Crippen molar-refractivity contribution in [2.24, 2.45) is 0 Å². The molecule has 4 heteroatoms. The summed E-state index contributed by atoms with van der Waals surface area (Å²) in [5.41, 5.74) is 16.4.